The molecule has 6 heteroatoms. The standard InChI is InChI=1S/C16H17N5O/c1-21-16(18-19-20-21)14-3-2-4-15(9-14)17-10-12-5-7-13(11-22)8-6-12/h2-9,17,22H,10-11H2,1H3. The first-order valence-electron chi connectivity index (χ1n) is 7.01. The third-order valence-electron chi connectivity index (χ3n) is 3.44. The van der Waals surface area contributed by atoms with Crippen LogP contribution in [0.5, 0.6) is 0 Å². The van der Waals surface area contributed by atoms with E-state index in [9.17, 15) is 0 Å². The molecule has 112 valence electrons. The molecule has 0 fully saturated rings. The highest BCUT2D eigenvalue weighted by Gasteiger charge is 2.06. The minimum absolute atomic E-state index is 0.0709. The van der Waals surface area contributed by atoms with Gasteiger partial charge in [0.2, 0.25) is 0 Å². The number of anilines is 1. The number of nitrogens with one attached hydrogen (secondary N) is 1. The molecule has 0 unspecified atom stereocenters. The summed E-state index contributed by atoms with van der Waals surface area (Å²) in [5, 5.41) is 23.9. The van der Waals surface area contributed by atoms with E-state index in [1.165, 1.54) is 0 Å². The maximum absolute atomic E-state index is 9.05. The number of tetrazole rings is 1. The molecule has 2 N–H and O–H groups in total. The summed E-state index contributed by atoms with van der Waals surface area (Å²) in [5.41, 5.74) is 4.04. The van der Waals surface area contributed by atoms with Crippen molar-refractivity contribution < 1.29 is 5.11 Å². The lowest BCUT2D eigenvalue weighted by Crippen LogP contribution is -2.00. The molecule has 0 amide bonds. The Labute approximate surface area is 128 Å². The average Bonchev–Trinajstić information content (AvgIpc) is 3.00. The highest BCUT2D eigenvalue weighted by atomic mass is 16.3. The van der Waals surface area contributed by atoms with Crippen LogP contribution in [0, 0.1) is 0 Å². The fraction of sp³-hybridized carbons (Fsp3) is 0.188. The molecule has 0 radical (unpaired) electrons. The zero-order chi connectivity index (χ0) is 15.4. The molecule has 0 aliphatic heterocycles. The average molecular weight is 295 g/mol. The van der Waals surface area contributed by atoms with E-state index in [1.807, 2.05) is 55.6 Å². The molecule has 6 nitrogen and oxygen atoms in total. The van der Waals surface area contributed by atoms with Crippen molar-refractivity contribution in [3.05, 3.63) is 59.7 Å². The second kappa shape index (κ2) is 6.36. The van der Waals surface area contributed by atoms with Crippen molar-refractivity contribution in [2.45, 2.75) is 13.2 Å². The minimum atomic E-state index is 0.0709. The third kappa shape index (κ3) is 3.12. The number of hydrogen-bond acceptors (Lipinski definition) is 5. The van der Waals surface area contributed by atoms with E-state index in [0.29, 0.717) is 6.54 Å². The molecular weight excluding hydrogens is 278 g/mol. The Bertz CT molecular complexity index is 751. The van der Waals surface area contributed by atoms with Crippen LogP contribution in [0.2, 0.25) is 0 Å². The van der Waals surface area contributed by atoms with E-state index >= 15 is 0 Å². The van der Waals surface area contributed by atoms with Gasteiger partial charge >= 0.3 is 0 Å². The van der Waals surface area contributed by atoms with Crippen molar-refractivity contribution in [1.82, 2.24) is 20.2 Å². The molecule has 0 saturated carbocycles. The molecule has 0 saturated heterocycles. The van der Waals surface area contributed by atoms with E-state index in [0.717, 1.165) is 28.2 Å². The van der Waals surface area contributed by atoms with Crippen LogP contribution < -0.4 is 5.32 Å². The highest BCUT2D eigenvalue weighted by molar-refractivity contribution is 5.62. The summed E-state index contributed by atoms with van der Waals surface area (Å²) < 4.78 is 1.65. The van der Waals surface area contributed by atoms with E-state index in [-0.39, 0.29) is 6.61 Å². The summed E-state index contributed by atoms with van der Waals surface area (Å²) in [6.45, 7) is 0.785. The number of benzene rings is 2. The summed E-state index contributed by atoms with van der Waals surface area (Å²) in [6.07, 6.45) is 0. The van der Waals surface area contributed by atoms with Crippen molar-refractivity contribution in [1.29, 1.82) is 0 Å². The smallest absolute Gasteiger partial charge is 0.181 e. The van der Waals surface area contributed by atoms with E-state index in [2.05, 4.69) is 20.8 Å². The van der Waals surface area contributed by atoms with Gasteiger partial charge in [-0.1, -0.05) is 36.4 Å². The Morgan fingerprint density at radius 2 is 1.86 bits per heavy atom. The van der Waals surface area contributed by atoms with Crippen LogP contribution in [0.4, 0.5) is 5.69 Å². The summed E-state index contributed by atoms with van der Waals surface area (Å²) in [7, 11) is 1.82. The zero-order valence-corrected chi connectivity index (χ0v) is 12.3. The minimum Gasteiger partial charge on any atom is -0.392 e. The summed E-state index contributed by atoms with van der Waals surface area (Å²) in [6, 6.07) is 15.9. The SMILES string of the molecule is Cn1nnnc1-c1cccc(NCc2ccc(CO)cc2)c1. The Kier molecular flexibility index (Phi) is 4.11. The van der Waals surface area contributed by atoms with Crippen molar-refractivity contribution in [2.24, 2.45) is 7.05 Å². The topological polar surface area (TPSA) is 75.9 Å². The van der Waals surface area contributed by atoms with Gasteiger partial charge in [-0.05, 0) is 33.7 Å². The van der Waals surface area contributed by atoms with Gasteiger partial charge in [0, 0.05) is 24.8 Å². The number of hydrogen-bond donors (Lipinski definition) is 2. The van der Waals surface area contributed by atoms with Gasteiger partial charge in [-0.25, -0.2) is 4.68 Å². The molecule has 2 aromatic carbocycles. The van der Waals surface area contributed by atoms with Crippen molar-refractivity contribution in [2.75, 3.05) is 5.32 Å². The predicted molar refractivity (Wildman–Crippen MR) is 83.9 cm³/mol. The second-order valence-corrected chi connectivity index (χ2v) is 5.04. The van der Waals surface area contributed by atoms with Gasteiger partial charge in [0.05, 0.1) is 6.61 Å². The molecule has 1 aromatic heterocycles. The third-order valence-corrected chi connectivity index (χ3v) is 3.44. The lowest BCUT2D eigenvalue weighted by atomic mass is 10.1. The van der Waals surface area contributed by atoms with Crippen LogP contribution in [0.15, 0.2) is 48.5 Å². The fourth-order valence-corrected chi connectivity index (χ4v) is 2.21. The van der Waals surface area contributed by atoms with Gasteiger partial charge in [-0.15, -0.1) is 5.10 Å². The number of nitrogens with zero attached hydrogens (tertiary/aromatic N) is 4. The lowest BCUT2D eigenvalue weighted by molar-refractivity contribution is 0.282. The monoisotopic (exact) mass is 295 g/mol. The van der Waals surface area contributed by atoms with Gasteiger partial charge in [0.25, 0.3) is 0 Å². The largest absolute Gasteiger partial charge is 0.392 e. The van der Waals surface area contributed by atoms with Crippen molar-refractivity contribution >= 4 is 5.69 Å². The van der Waals surface area contributed by atoms with Gasteiger partial charge < -0.3 is 10.4 Å². The zero-order valence-electron chi connectivity index (χ0n) is 12.3. The number of aromatic nitrogens is 4. The van der Waals surface area contributed by atoms with E-state index in [1.54, 1.807) is 4.68 Å². The number of aliphatic hydroxyl groups is 1. The maximum Gasteiger partial charge on any atom is 0.181 e. The molecule has 0 bridgehead atoms. The summed E-state index contributed by atoms with van der Waals surface area (Å²) in [5.74, 6) is 0.732. The lowest BCUT2D eigenvalue weighted by Gasteiger charge is -2.08. The Hall–Kier alpha value is -2.73. The van der Waals surface area contributed by atoms with E-state index < -0.39 is 0 Å². The van der Waals surface area contributed by atoms with Gasteiger partial charge in [0.15, 0.2) is 5.82 Å². The molecule has 0 aliphatic carbocycles. The molecule has 1 heterocycles. The van der Waals surface area contributed by atoms with Gasteiger partial charge in [-0.3, -0.25) is 0 Å². The highest BCUT2D eigenvalue weighted by Crippen LogP contribution is 2.20. The number of aliphatic hydroxyl groups excluding tert-OH is 1. The van der Waals surface area contributed by atoms with Crippen molar-refractivity contribution in [3.8, 4) is 11.4 Å². The quantitative estimate of drug-likeness (QED) is 0.753. The number of rotatable bonds is 5. The Morgan fingerprint density at radius 3 is 2.55 bits per heavy atom. The first kappa shape index (κ1) is 14.2. The molecule has 22 heavy (non-hydrogen) atoms. The van der Waals surface area contributed by atoms with Crippen molar-refractivity contribution in [3.63, 3.8) is 0 Å². The van der Waals surface area contributed by atoms with Crippen LogP contribution in [0.25, 0.3) is 11.4 Å². The van der Waals surface area contributed by atoms with Crippen LogP contribution in [0.1, 0.15) is 11.1 Å². The Morgan fingerprint density at radius 1 is 1.09 bits per heavy atom. The summed E-state index contributed by atoms with van der Waals surface area (Å²) >= 11 is 0. The maximum atomic E-state index is 9.05. The second-order valence-electron chi connectivity index (χ2n) is 5.04. The molecular formula is C16H17N5O. The predicted octanol–water partition coefficient (Wildman–Crippen LogP) is 1.98. The van der Waals surface area contributed by atoms with Crippen LogP contribution in [0.3, 0.4) is 0 Å². The molecule has 0 atom stereocenters. The van der Waals surface area contributed by atoms with Gasteiger partial charge in [0.1, 0.15) is 0 Å². The molecule has 3 aromatic rings. The summed E-state index contributed by atoms with van der Waals surface area (Å²) in [4.78, 5) is 0. The van der Waals surface area contributed by atoms with E-state index in [4.69, 9.17) is 5.11 Å². The molecule has 0 aliphatic rings. The molecule has 0 spiro atoms. The fourth-order valence-electron chi connectivity index (χ4n) is 2.21. The first-order chi connectivity index (χ1) is 10.8. The van der Waals surface area contributed by atoms with Crippen LogP contribution in [-0.2, 0) is 20.2 Å². The Balaban J connectivity index is 1.71. The normalized spacial score (nSPS) is 10.6. The van der Waals surface area contributed by atoms with Gasteiger partial charge in [-0.2, -0.15) is 0 Å². The first-order valence-corrected chi connectivity index (χ1v) is 7.01. The molecule has 3 rings (SSSR count). The van der Waals surface area contributed by atoms with Crippen LogP contribution in [-0.4, -0.2) is 25.3 Å². The number of aryl methyl sites for hydroxylation is 1. The van der Waals surface area contributed by atoms with Crippen LogP contribution >= 0.6 is 0 Å².